The Morgan fingerprint density at radius 2 is 1.77 bits per heavy atom. The summed E-state index contributed by atoms with van der Waals surface area (Å²) < 4.78 is 12.9. The molecule has 0 aliphatic rings. The molecule has 0 saturated carbocycles. The van der Waals surface area contributed by atoms with E-state index in [9.17, 15) is 4.39 Å². The quantitative estimate of drug-likeness (QED) is 0.630. The highest BCUT2D eigenvalue weighted by molar-refractivity contribution is 6.21. The summed E-state index contributed by atoms with van der Waals surface area (Å²) in [5.74, 6) is -0.182. The molecule has 0 saturated heterocycles. The van der Waals surface area contributed by atoms with E-state index >= 15 is 0 Å². The fourth-order valence-electron chi connectivity index (χ4n) is 1.62. The lowest BCUT2D eigenvalue weighted by Crippen LogP contribution is -1.97. The molecule has 1 aromatic rings. The van der Waals surface area contributed by atoms with Crippen molar-refractivity contribution in [3.63, 3.8) is 0 Å². The molecule has 0 spiro atoms. The summed E-state index contributed by atoms with van der Waals surface area (Å²) in [4.78, 5) is 0. The maximum Gasteiger partial charge on any atom is 0.123 e. The molecule has 0 N–H and O–H groups in total. The fraction of sp³-hybridized carbons (Fsp3) is 0.455. The van der Waals surface area contributed by atoms with Crippen LogP contribution in [0.3, 0.4) is 0 Å². The van der Waals surface area contributed by atoms with Gasteiger partial charge in [-0.05, 0) is 49.1 Å². The Labute approximate surface area is 83.7 Å². The second-order valence-electron chi connectivity index (χ2n) is 3.33. The van der Waals surface area contributed by atoms with Gasteiger partial charge in [0.2, 0.25) is 0 Å². The zero-order valence-electron chi connectivity index (χ0n) is 8.20. The van der Waals surface area contributed by atoms with Crippen molar-refractivity contribution >= 4 is 11.6 Å². The van der Waals surface area contributed by atoms with Crippen molar-refractivity contribution in [1.29, 1.82) is 0 Å². The average molecular weight is 201 g/mol. The molecule has 0 nitrogen and oxygen atoms in total. The SMILES string of the molecule is CCC(Cl)c1c(C)cc(F)cc1C. The Kier molecular flexibility index (Phi) is 3.32. The van der Waals surface area contributed by atoms with Crippen LogP contribution in [-0.4, -0.2) is 0 Å². The van der Waals surface area contributed by atoms with Crippen molar-refractivity contribution in [2.24, 2.45) is 0 Å². The third-order valence-electron chi connectivity index (χ3n) is 2.23. The summed E-state index contributed by atoms with van der Waals surface area (Å²) in [5, 5.41) is 0.000556. The molecule has 0 radical (unpaired) electrons. The van der Waals surface area contributed by atoms with E-state index in [0.29, 0.717) is 0 Å². The number of hydrogen-bond acceptors (Lipinski definition) is 0. The standard InChI is InChI=1S/C11H14ClF/c1-4-10(12)11-7(2)5-9(13)6-8(11)3/h5-6,10H,4H2,1-3H3. The second-order valence-corrected chi connectivity index (χ2v) is 3.86. The first kappa shape index (κ1) is 10.5. The van der Waals surface area contributed by atoms with E-state index in [2.05, 4.69) is 0 Å². The van der Waals surface area contributed by atoms with Crippen LogP contribution in [0.2, 0.25) is 0 Å². The van der Waals surface area contributed by atoms with Crippen LogP contribution in [0.5, 0.6) is 0 Å². The Morgan fingerprint density at radius 1 is 1.31 bits per heavy atom. The van der Waals surface area contributed by atoms with E-state index in [0.717, 1.165) is 23.1 Å². The summed E-state index contributed by atoms with van der Waals surface area (Å²) in [6, 6.07) is 3.07. The summed E-state index contributed by atoms with van der Waals surface area (Å²) in [5.41, 5.74) is 2.96. The molecule has 1 aromatic carbocycles. The highest BCUT2D eigenvalue weighted by atomic mass is 35.5. The molecule has 72 valence electrons. The molecule has 0 fully saturated rings. The van der Waals surface area contributed by atoms with Crippen LogP contribution >= 0.6 is 11.6 Å². The minimum atomic E-state index is -0.182. The molecule has 1 atom stereocenters. The molecule has 0 heterocycles. The van der Waals surface area contributed by atoms with Crippen LogP contribution in [0.1, 0.15) is 35.4 Å². The smallest absolute Gasteiger partial charge is 0.123 e. The molecule has 0 aromatic heterocycles. The Bertz CT molecular complexity index is 284. The second kappa shape index (κ2) is 4.10. The number of benzene rings is 1. The van der Waals surface area contributed by atoms with Gasteiger partial charge in [0.15, 0.2) is 0 Å². The van der Waals surface area contributed by atoms with Gasteiger partial charge in [0.1, 0.15) is 5.82 Å². The zero-order chi connectivity index (χ0) is 10.0. The van der Waals surface area contributed by atoms with Crippen molar-refractivity contribution < 1.29 is 4.39 Å². The summed E-state index contributed by atoms with van der Waals surface area (Å²) >= 11 is 6.13. The third-order valence-corrected chi connectivity index (χ3v) is 2.76. The van der Waals surface area contributed by atoms with Crippen LogP contribution in [0, 0.1) is 19.7 Å². The van der Waals surface area contributed by atoms with Crippen LogP contribution < -0.4 is 0 Å². The van der Waals surface area contributed by atoms with Crippen molar-refractivity contribution in [1.82, 2.24) is 0 Å². The maximum atomic E-state index is 12.9. The van der Waals surface area contributed by atoms with Gasteiger partial charge in [-0.1, -0.05) is 6.92 Å². The largest absolute Gasteiger partial charge is 0.207 e. The minimum Gasteiger partial charge on any atom is -0.207 e. The molecule has 2 heteroatoms. The molecule has 0 aliphatic heterocycles. The van der Waals surface area contributed by atoms with Crippen molar-refractivity contribution in [2.75, 3.05) is 0 Å². The average Bonchev–Trinajstić information content (AvgIpc) is 2.02. The van der Waals surface area contributed by atoms with Gasteiger partial charge < -0.3 is 0 Å². The van der Waals surface area contributed by atoms with Gasteiger partial charge in [-0.3, -0.25) is 0 Å². The van der Waals surface area contributed by atoms with Crippen LogP contribution in [0.15, 0.2) is 12.1 Å². The fourth-order valence-corrected chi connectivity index (χ4v) is 1.96. The summed E-state index contributed by atoms with van der Waals surface area (Å²) in [6.45, 7) is 5.83. The first-order chi connectivity index (χ1) is 6.06. The number of halogens is 2. The molecular weight excluding hydrogens is 187 g/mol. The molecule has 1 unspecified atom stereocenters. The van der Waals surface area contributed by atoms with Crippen LogP contribution in [0.4, 0.5) is 4.39 Å². The first-order valence-corrected chi connectivity index (χ1v) is 4.90. The van der Waals surface area contributed by atoms with Crippen molar-refractivity contribution in [3.8, 4) is 0 Å². The van der Waals surface area contributed by atoms with Crippen molar-refractivity contribution in [3.05, 3.63) is 34.6 Å². The van der Waals surface area contributed by atoms with Gasteiger partial charge in [0, 0.05) is 0 Å². The lowest BCUT2D eigenvalue weighted by atomic mass is 9.98. The van der Waals surface area contributed by atoms with Gasteiger partial charge in [-0.15, -0.1) is 11.6 Å². The third kappa shape index (κ3) is 2.22. The number of aryl methyl sites for hydroxylation is 2. The monoisotopic (exact) mass is 200 g/mol. The number of alkyl halides is 1. The number of rotatable bonds is 2. The Morgan fingerprint density at radius 3 is 2.15 bits per heavy atom. The molecule has 0 amide bonds. The molecule has 0 bridgehead atoms. The highest BCUT2D eigenvalue weighted by Crippen LogP contribution is 2.30. The Balaban J connectivity index is 3.20. The summed E-state index contributed by atoms with van der Waals surface area (Å²) in [7, 11) is 0. The highest BCUT2D eigenvalue weighted by Gasteiger charge is 2.12. The van der Waals surface area contributed by atoms with E-state index in [1.54, 1.807) is 0 Å². The van der Waals surface area contributed by atoms with Gasteiger partial charge >= 0.3 is 0 Å². The van der Waals surface area contributed by atoms with E-state index in [1.165, 1.54) is 12.1 Å². The van der Waals surface area contributed by atoms with E-state index < -0.39 is 0 Å². The van der Waals surface area contributed by atoms with Gasteiger partial charge in [-0.25, -0.2) is 4.39 Å². The molecule has 0 aliphatic carbocycles. The molecule has 1 rings (SSSR count). The summed E-state index contributed by atoms with van der Waals surface area (Å²) in [6.07, 6.45) is 0.870. The van der Waals surface area contributed by atoms with Crippen molar-refractivity contribution in [2.45, 2.75) is 32.6 Å². The first-order valence-electron chi connectivity index (χ1n) is 4.47. The van der Waals surface area contributed by atoms with Crippen LogP contribution in [-0.2, 0) is 0 Å². The van der Waals surface area contributed by atoms with Crippen LogP contribution in [0.25, 0.3) is 0 Å². The lowest BCUT2D eigenvalue weighted by Gasteiger charge is -2.14. The maximum absolute atomic E-state index is 12.9. The Hall–Kier alpha value is -0.560. The van der Waals surface area contributed by atoms with E-state index in [-0.39, 0.29) is 11.2 Å². The van der Waals surface area contributed by atoms with Gasteiger partial charge in [0.05, 0.1) is 5.38 Å². The lowest BCUT2D eigenvalue weighted by molar-refractivity contribution is 0.623. The van der Waals surface area contributed by atoms with Gasteiger partial charge in [0.25, 0.3) is 0 Å². The molecule has 13 heavy (non-hydrogen) atoms. The predicted molar refractivity (Wildman–Crippen MR) is 54.8 cm³/mol. The molecular formula is C11H14ClF. The van der Waals surface area contributed by atoms with E-state index in [1.807, 2.05) is 20.8 Å². The minimum absolute atomic E-state index is 0.000556. The zero-order valence-corrected chi connectivity index (χ0v) is 8.95. The number of hydrogen-bond donors (Lipinski definition) is 0. The normalized spacial score (nSPS) is 13.0. The predicted octanol–water partition coefficient (Wildman–Crippen LogP) is 4.13. The topological polar surface area (TPSA) is 0 Å². The van der Waals surface area contributed by atoms with Gasteiger partial charge in [-0.2, -0.15) is 0 Å². The van der Waals surface area contributed by atoms with E-state index in [4.69, 9.17) is 11.6 Å².